The van der Waals surface area contributed by atoms with Crippen LogP contribution in [0.4, 0.5) is 4.79 Å². The van der Waals surface area contributed by atoms with Gasteiger partial charge in [-0.1, -0.05) is 50.1 Å². The van der Waals surface area contributed by atoms with Crippen molar-refractivity contribution >= 4 is 28.0 Å². The van der Waals surface area contributed by atoms with E-state index in [-0.39, 0.29) is 25.4 Å². The number of alkyl carbamates (subject to hydrolysis) is 1. The summed E-state index contributed by atoms with van der Waals surface area (Å²) in [6, 6.07) is 6.43. The smallest absolute Gasteiger partial charge is 0.408 e. The van der Waals surface area contributed by atoms with Gasteiger partial charge >= 0.3 is 6.09 Å². The van der Waals surface area contributed by atoms with E-state index in [9.17, 15) is 32.5 Å². The fraction of sp³-hybridized carbons (Fsp3) is 0.571. The predicted octanol–water partition coefficient (Wildman–Crippen LogP) is 0.689. The van der Waals surface area contributed by atoms with Crippen LogP contribution in [0.1, 0.15) is 44.6 Å². The number of unbranched alkanes of at least 4 members (excludes halogenated alkanes) is 1. The lowest BCUT2D eigenvalue weighted by Crippen LogP contribution is -2.54. The zero-order chi connectivity index (χ0) is 24.4. The van der Waals surface area contributed by atoms with Crippen LogP contribution in [0.15, 0.2) is 30.3 Å². The molecule has 4 atom stereocenters. The molecule has 33 heavy (non-hydrogen) atoms. The maximum absolute atomic E-state index is 12.9. The molecule has 0 radical (unpaired) electrons. The van der Waals surface area contributed by atoms with Gasteiger partial charge in [-0.3, -0.25) is 14.1 Å². The third-order valence-corrected chi connectivity index (χ3v) is 6.28. The monoisotopic (exact) mass is 485 g/mol. The van der Waals surface area contributed by atoms with Gasteiger partial charge in [0.2, 0.25) is 17.3 Å². The summed E-state index contributed by atoms with van der Waals surface area (Å²) >= 11 is 0. The molecule has 3 amide bonds. The highest BCUT2D eigenvalue weighted by atomic mass is 32.2. The first-order valence-electron chi connectivity index (χ1n) is 10.8. The van der Waals surface area contributed by atoms with Crippen molar-refractivity contribution in [1.82, 2.24) is 16.0 Å². The van der Waals surface area contributed by atoms with E-state index in [0.717, 1.165) is 12.0 Å². The number of ether oxygens (including phenoxy) is 1. The number of carbonyl (C=O) groups is 3. The van der Waals surface area contributed by atoms with E-state index in [1.165, 1.54) is 0 Å². The molecule has 1 aromatic carbocycles. The second-order valence-corrected chi connectivity index (χ2v) is 9.45. The van der Waals surface area contributed by atoms with Gasteiger partial charge in [0.1, 0.15) is 12.6 Å². The number of rotatable bonds is 12. The van der Waals surface area contributed by atoms with Crippen molar-refractivity contribution in [2.45, 2.75) is 63.2 Å². The number of aliphatic hydroxyl groups excluding tert-OH is 1. The summed E-state index contributed by atoms with van der Waals surface area (Å²) in [4.78, 5) is 37.0. The van der Waals surface area contributed by atoms with E-state index < -0.39 is 45.6 Å². The average Bonchev–Trinajstić information content (AvgIpc) is 3.18. The number of benzene rings is 1. The van der Waals surface area contributed by atoms with Gasteiger partial charge in [-0.05, 0) is 24.8 Å². The Morgan fingerprint density at radius 3 is 2.52 bits per heavy atom. The molecule has 184 valence electrons. The molecular weight excluding hydrogens is 454 g/mol. The molecule has 1 aliphatic heterocycles. The van der Waals surface area contributed by atoms with Crippen LogP contribution in [0.25, 0.3) is 0 Å². The quantitative estimate of drug-likeness (QED) is 0.269. The molecule has 1 fully saturated rings. The molecule has 5 N–H and O–H groups in total. The zero-order valence-electron chi connectivity index (χ0n) is 18.4. The van der Waals surface area contributed by atoms with Gasteiger partial charge < -0.3 is 25.8 Å². The minimum atomic E-state index is -4.91. The predicted molar refractivity (Wildman–Crippen MR) is 118 cm³/mol. The maximum atomic E-state index is 12.9. The Balaban J connectivity index is 2.06. The molecule has 1 aromatic rings. The Bertz CT molecular complexity index is 909. The van der Waals surface area contributed by atoms with Crippen LogP contribution in [0, 0.1) is 5.92 Å². The van der Waals surface area contributed by atoms with Gasteiger partial charge in [0.25, 0.3) is 10.1 Å². The van der Waals surface area contributed by atoms with E-state index in [1.807, 2.05) is 13.0 Å². The zero-order valence-corrected chi connectivity index (χ0v) is 19.2. The summed E-state index contributed by atoms with van der Waals surface area (Å²) in [7, 11) is -4.91. The fourth-order valence-corrected chi connectivity index (χ4v) is 4.09. The summed E-state index contributed by atoms with van der Waals surface area (Å²) in [6.45, 7) is 2.28. The van der Waals surface area contributed by atoms with Crippen molar-refractivity contribution in [3.05, 3.63) is 35.9 Å². The van der Waals surface area contributed by atoms with Gasteiger partial charge in [0.05, 0.1) is 6.04 Å². The van der Waals surface area contributed by atoms with Crippen LogP contribution < -0.4 is 16.0 Å². The normalized spacial score (nSPS) is 18.6. The van der Waals surface area contributed by atoms with Gasteiger partial charge in [-0.15, -0.1) is 0 Å². The van der Waals surface area contributed by atoms with Crippen molar-refractivity contribution < 1.29 is 37.2 Å². The Morgan fingerprint density at radius 2 is 1.94 bits per heavy atom. The van der Waals surface area contributed by atoms with Crippen LogP contribution >= 0.6 is 0 Å². The first-order valence-corrected chi connectivity index (χ1v) is 12.3. The lowest BCUT2D eigenvalue weighted by atomic mass is 9.98. The van der Waals surface area contributed by atoms with Gasteiger partial charge in [0, 0.05) is 12.5 Å². The first-order chi connectivity index (χ1) is 15.6. The Labute approximate surface area is 193 Å². The van der Waals surface area contributed by atoms with Crippen molar-refractivity contribution in [1.29, 1.82) is 0 Å². The van der Waals surface area contributed by atoms with Crippen molar-refractivity contribution in [3.63, 3.8) is 0 Å². The highest BCUT2D eigenvalue weighted by Crippen LogP contribution is 2.20. The van der Waals surface area contributed by atoms with Gasteiger partial charge in [0.15, 0.2) is 0 Å². The standard InChI is InChI=1S/C21H31N3O8S/c1-2-3-9-16(24-21(28)32-13-14-7-5-4-6-8-14)19(26)23-17(20(27)33(29,30)31)12-15-10-11-22-18(15)25/h4-8,15-17,20,27H,2-3,9-13H2,1H3,(H,22,25)(H,23,26)(H,24,28)(H,29,30,31)/t15?,16-,17-,20?/m0/s1. The van der Waals surface area contributed by atoms with Crippen molar-refractivity contribution in [2.24, 2.45) is 5.92 Å². The number of hydrogen-bond acceptors (Lipinski definition) is 7. The van der Waals surface area contributed by atoms with Gasteiger partial charge in [-0.25, -0.2) is 4.79 Å². The minimum absolute atomic E-state index is 0.00429. The Morgan fingerprint density at radius 1 is 1.24 bits per heavy atom. The molecular formula is C21H31N3O8S. The van der Waals surface area contributed by atoms with Crippen LogP contribution in [-0.4, -0.2) is 60.0 Å². The van der Waals surface area contributed by atoms with Crippen LogP contribution in [-0.2, 0) is 31.1 Å². The lowest BCUT2D eigenvalue weighted by molar-refractivity contribution is -0.126. The number of aliphatic hydroxyl groups is 1. The minimum Gasteiger partial charge on any atom is -0.445 e. The molecule has 2 rings (SSSR count). The lowest BCUT2D eigenvalue weighted by Gasteiger charge is -2.26. The molecule has 0 spiro atoms. The summed E-state index contributed by atoms with van der Waals surface area (Å²) in [5.41, 5.74) is -1.57. The number of nitrogens with one attached hydrogen (secondary N) is 3. The molecule has 0 saturated carbocycles. The molecule has 1 aliphatic rings. The molecule has 0 aliphatic carbocycles. The number of carbonyl (C=O) groups excluding carboxylic acids is 3. The summed E-state index contributed by atoms with van der Waals surface area (Å²) in [6.07, 6.45) is 0.903. The summed E-state index contributed by atoms with van der Waals surface area (Å²) in [5.74, 6) is -1.72. The highest BCUT2D eigenvalue weighted by Gasteiger charge is 2.37. The van der Waals surface area contributed by atoms with E-state index in [1.54, 1.807) is 24.3 Å². The summed E-state index contributed by atoms with van der Waals surface area (Å²) < 4.78 is 37.5. The average molecular weight is 486 g/mol. The molecule has 0 bridgehead atoms. The molecule has 2 unspecified atom stereocenters. The van der Waals surface area contributed by atoms with Crippen molar-refractivity contribution in [3.8, 4) is 0 Å². The topological polar surface area (TPSA) is 171 Å². The molecule has 1 saturated heterocycles. The molecule has 11 nitrogen and oxygen atoms in total. The second-order valence-electron chi connectivity index (χ2n) is 7.93. The third kappa shape index (κ3) is 8.63. The van der Waals surface area contributed by atoms with Gasteiger partial charge in [-0.2, -0.15) is 8.42 Å². The number of amides is 3. The second kappa shape index (κ2) is 12.5. The molecule has 0 aromatic heterocycles. The number of hydrogen-bond donors (Lipinski definition) is 5. The Hall–Kier alpha value is -2.70. The van der Waals surface area contributed by atoms with E-state index in [2.05, 4.69) is 16.0 Å². The van der Waals surface area contributed by atoms with Crippen LogP contribution in [0.3, 0.4) is 0 Å². The van der Waals surface area contributed by atoms with Crippen LogP contribution in [0.2, 0.25) is 0 Å². The van der Waals surface area contributed by atoms with E-state index in [0.29, 0.717) is 19.4 Å². The molecule has 12 heteroatoms. The third-order valence-electron chi connectivity index (χ3n) is 5.35. The Kier molecular flexibility index (Phi) is 10.1. The SMILES string of the molecule is CCCC[C@H](NC(=O)OCc1ccccc1)C(=O)N[C@@H](CC1CCNC1=O)C(O)S(=O)(=O)O. The summed E-state index contributed by atoms with van der Waals surface area (Å²) in [5, 5.41) is 17.5. The first kappa shape index (κ1) is 26.6. The molecule has 1 heterocycles. The highest BCUT2D eigenvalue weighted by molar-refractivity contribution is 7.86. The largest absolute Gasteiger partial charge is 0.445 e. The van der Waals surface area contributed by atoms with E-state index >= 15 is 0 Å². The van der Waals surface area contributed by atoms with E-state index in [4.69, 9.17) is 4.74 Å². The van der Waals surface area contributed by atoms with Crippen molar-refractivity contribution in [2.75, 3.05) is 6.54 Å². The van der Waals surface area contributed by atoms with Crippen LogP contribution in [0.5, 0.6) is 0 Å². The fourth-order valence-electron chi connectivity index (χ4n) is 3.50. The maximum Gasteiger partial charge on any atom is 0.408 e.